The minimum Gasteiger partial charge on any atom is -0.422 e. The number of nitrogens with zero attached hydrogens (tertiary/aromatic N) is 1. The fourth-order valence-corrected chi connectivity index (χ4v) is 3.59. The molecule has 2 aromatic heterocycles. The zero-order valence-corrected chi connectivity index (χ0v) is 14.7. The zero-order chi connectivity index (χ0) is 17.4. The Labute approximate surface area is 149 Å². The van der Waals surface area contributed by atoms with Gasteiger partial charge in [-0.25, -0.2) is 9.78 Å². The number of esters is 1. The fourth-order valence-electron chi connectivity index (χ4n) is 2.91. The lowest BCUT2D eigenvalue weighted by Gasteiger charge is -2.05. The molecule has 2 aromatic carbocycles. The Bertz CT molecular complexity index is 1060. The largest absolute Gasteiger partial charge is 0.422 e. The number of ether oxygens (including phenoxy) is 1. The van der Waals surface area contributed by atoms with Gasteiger partial charge in [-0.1, -0.05) is 18.2 Å². The number of benzene rings is 2. The number of H-pyrrole nitrogens is 1. The van der Waals surface area contributed by atoms with Crippen LogP contribution in [0.15, 0.2) is 54.0 Å². The predicted molar refractivity (Wildman–Crippen MR) is 100 cm³/mol. The minimum absolute atomic E-state index is 0.366. The molecule has 0 saturated carbocycles. The van der Waals surface area contributed by atoms with Crippen molar-refractivity contribution in [1.29, 1.82) is 0 Å². The average Bonchev–Trinajstić information content (AvgIpc) is 3.20. The first-order valence-electron chi connectivity index (χ1n) is 7.93. The van der Waals surface area contributed by atoms with Crippen molar-refractivity contribution in [1.82, 2.24) is 9.97 Å². The van der Waals surface area contributed by atoms with E-state index < -0.39 is 0 Å². The zero-order valence-electron chi connectivity index (χ0n) is 13.9. The highest BCUT2D eigenvalue weighted by molar-refractivity contribution is 7.11. The summed E-state index contributed by atoms with van der Waals surface area (Å²) in [6, 6.07) is 15.8. The SMILES string of the molecule is Cc1ncsc1C(=O)Oc1ccc(-c2[nH]c3ccccc3c2C)cc1. The molecule has 1 N–H and O–H groups in total. The van der Waals surface area contributed by atoms with Gasteiger partial charge in [0.1, 0.15) is 10.6 Å². The average molecular weight is 348 g/mol. The molecule has 0 atom stereocenters. The van der Waals surface area contributed by atoms with Gasteiger partial charge in [0.2, 0.25) is 0 Å². The number of rotatable bonds is 3. The molecule has 0 radical (unpaired) electrons. The van der Waals surface area contributed by atoms with Gasteiger partial charge >= 0.3 is 5.97 Å². The van der Waals surface area contributed by atoms with Crippen LogP contribution in [0.2, 0.25) is 0 Å². The number of nitrogens with one attached hydrogen (secondary N) is 1. The lowest BCUT2D eigenvalue weighted by Crippen LogP contribution is -2.07. The maximum absolute atomic E-state index is 12.2. The molecule has 4 nitrogen and oxygen atoms in total. The first-order chi connectivity index (χ1) is 12.1. The normalized spacial score (nSPS) is 11.0. The third kappa shape index (κ3) is 2.83. The van der Waals surface area contributed by atoms with E-state index >= 15 is 0 Å². The standard InChI is InChI=1S/C20H16N2O2S/c1-12-16-5-3-4-6-17(16)22-18(12)14-7-9-15(10-8-14)24-20(23)19-13(2)21-11-25-19/h3-11,22H,1-2H3. The van der Waals surface area contributed by atoms with Crippen molar-refractivity contribution in [3.8, 4) is 17.0 Å². The van der Waals surface area contributed by atoms with Gasteiger partial charge in [0, 0.05) is 16.6 Å². The number of carbonyl (C=O) groups excluding carboxylic acids is 1. The Morgan fingerprint density at radius 1 is 1.08 bits per heavy atom. The van der Waals surface area contributed by atoms with Gasteiger partial charge in [-0.05, 0) is 55.3 Å². The molecule has 0 unspecified atom stereocenters. The molecule has 0 saturated heterocycles. The maximum Gasteiger partial charge on any atom is 0.355 e. The van der Waals surface area contributed by atoms with Crippen LogP contribution in [0.1, 0.15) is 20.9 Å². The number of aromatic nitrogens is 2. The molecule has 4 rings (SSSR count). The molecule has 0 aliphatic rings. The summed E-state index contributed by atoms with van der Waals surface area (Å²) in [5, 5.41) is 1.22. The van der Waals surface area contributed by atoms with Gasteiger partial charge in [0.05, 0.1) is 11.2 Å². The molecule has 5 heteroatoms. The lowest BCUT2D eigenvalue weighted by atomic mass is 10.1. The van der Waals surface area contributed by atoms with Gasteiger partial charge in [-0.15, -0.1) is 11.3 Å². The van der Waals surface area contributed by atoms with E-state index in [2.05, 4.69) is 29.0 Å². The molecule has 0 fully saturated rings. The molecule has 124 valence electrons. The van der Waals surface area contributed by atoms with E-state index in [1.54, 1.807) is 12.4 Å². The van der Waals surface area contributed by atoms with E-state index in [0.29, 0.717) is 16.3 Å². The Morgan fingerprint density at radius 3 is 2.52 bits per heavy atom. The summed E-state index contributed by atoms with van der Waals surface area (Å²) in [5.41, 5.74) is 6.81. The highest BCUT2D eigenvalue weighted by atomic mass is 32.1. The van der Waals surface area contributed by atoms with Gasteiger partial charge in [0.25, 0.3) is 0 Å². The maximum atomic E-state index is 12.2. The van der Waals surface area contributed by atoms with E-state index in [-0.39, 0.29) is 5.97 Å². The van der Waals surface area contributed by atoms with Gasteiger partial charge in [0.15, 0.2) is 0 Å². The number of aryl methyl sites for hydroxylation is 2. The highest BCUT2D eigenvalue weighted by Crippen LogP contribution is 2.30. The number of hydrogen-bond acceptors (Lipinski definition) is 4. The third-order valence-corrected chi connectivity index (χ3v) is 5.16. The van der Waals surface area contributed by atoms with Crippen molar-refractivity contribution in [3.05, 3.63) is 70.2 Å². The lowest BCUT2D eigenvalue weighted by molar-refractivity contribution is 0.0739. The molecule has 0 spiro atoms. The summed E-state index contributed by atoms with van der Waals surface area (Å²) < 4.78 is 5.44. The molecule has 4 aromatic rings. The quantitative estimate of drug-likeness (QED) is 0.412. The number of carbonyl (C=O) groups is 1. The van der Waals surface area contributed by atoms with Crippen LogP contribution in [0.25, 0.3) is 22.2 Å². The Kier molecular flexibility index (Phi) is 3.86. The van der Waals surface area contributed by atoms with E-state index in [9.17, 15) is 4.79 Å². The van der Waals surface area contributed by atoms with Gasteiger partial charge < -0.3 is 9.72 Å². The van der Waals surface area contributed by atoms with Crippen molar-refractivity contribution in [2.45, 2.75) is 13.8 Å². The molecule has 0 amide bonds. The van der Waals surface area contributed by atoms with Crippen LogP contribution in [0, 0.1) is 13.8 Å². The molecular weight excluding hydrogens is 332 g/mol. The Balaban J connectivity index is 1.60. The van der Waals surface area contributed by atoms with Crippen LogP contribution in [-0.4, -0.2) is 15.9 Å². The third-order valence-electron chi connectivity index (χ3n) is 4.25. The summed E-state index contributed by atoms with van der Waals surface area (Å²) in [5.74, 6) is 0.157. The molecule has 0 bridgehead atoms. The van der Waals surface area contributed by atoms with Crippen molar-refractivity contribution < 1.29 is 9.53 Å². The molecule has 0 aliphatic heterocycles. The fraction of sp³-hybridized carbons (Fsp3) is 0.100. The summed E-state index contributed by atoms with van der Waals surface area (Å²) in [4.78, 5) is 20.2. The minimum atomic E-state index is -0.366. The molecular formula is C20H16N2O2S. The second-order valence-corrected chi connectivity index (χ2v) is 6.71. The smallest absolute Gasteiger partial charge is 0.355 e. The van der Waals surface area contributed by atoms with E-state index in [1.807, 2.05) is 36.4 Å². The number of para-hydroxylation sites is 1. The second kappa shape index (κ2) is 6.18. The number of hydrogen-bond donors (Lipinski definition) is 1. The predicted octanol–water partition coefficient (Wildman–Crippen LogP) is 5.13. The van der Waals surface area contributed by atoms with Crippen molar-refractivity contribution in [2.24, 2.45) is 0 Å². The monoisotopic (exact) mass is 348 g/mol. The van der Waals surface area contributed by atoms with Crippen molar-refractivity contribution >= 4 is 28.2 Å². The number of aromatic amines is 1. The highest BCUT2D eigenvalue weighted by Gasteiger charge is 2.15. The van der Waals surface area contributed by atoms with E-state index in [4.69, 9.17) is 4.74 Å². The summed E-state index contributed by atoms with van der Waals surface area (Å²) in [7, 11) is 0. The Morgan fingerprint density at radius 2 is 1.84 bits per heavy atom. The first-order valence-corrected chi connectivity index (χ1v) is 8.81. The molecule has 2 heterocycles. The van der Waals surface area contributed by atoms with Crippen LogP contribution >= 0.6 is 11.3 Å². The van der Waals surface area contributed by atoms with Crippen molar-refractivity contribution in [3.63, 3.8) is 0 Å². The number of thiazole rings is 1. The second-order valence-electron chi connectivity index (χ2n) is 5.85. The summed E-state index contributed by atoms with van der Waals surface area (Å²) in [6.45, 7) is 3.91. The first kappa shape index (κ1) is 15.6. The van der Waals surface area contributed by atoms with Crippen LogP contribution < -0.4 is 4.74 Å². The van der Waals surface area contributed by atoms with Gasteiger partial charge in [-0.3, -0.25) is 0 Å². The van der Waals surface area contributed by atoms with Crippen LogP contribution in [0.4, 0.5) is 0 Å². The molecule has 0 aliphatic carbocycles. The summed E-state index contributed by atoms with van der Waals surface area (Å²) in [6.07, 6.45) is 0. The topological polar surface area (TPSA) is 55.0 Å². The Hall–Kier alpha value is -2.92. The molecule has 25 heavy (non-hydrogen) atoms. The van der Waals surface area contributed by atoms with Crippen LogP contribution in [0.3, 0.4) is 0 Å². The van der Waals surface area contributed by atoms with Gasteiger partial charge in [-0.2, -0.15) is 0 Å². The van der Waals surface area contributed by atoms with Crippen LogP contribution in [-0.2, 0) is 0 Å². The van der Waals surface area contributed by atoms with Crippen molar-refractivity contribution in [2.75, 3.05) is 0 Å². The summed E-state index contributed by atoms with van der Waals surface area (Å²) >= 11 is 1.29. The van der Waals surface area contributed by atoms with E-state index in [1.165, 1.54) is 22.3 Å². The van der Waals surface area contributed by atoms with Crippen LogP contribution in [0.5, 0.6) is 5.75 Å². The van der Waals surface area contributed by atoms with E-state index in [0.717, 1.165) is 16.8 Å². The number of fused-ring (bicyclic) bond motifs is 1.